The van der Waals surface area contributed by atoms with Crippen molar-refractivity contribution in [3.63, 3.8) is 0 Å². The Kier molecular flexibility index (Phi) is 8.91. The van der Waals surface area contributed by atoms with Crippen LogP contribution in [0.15, 0.2) is 29.2 Å². The molecule has 0 bridgehead atoms. The van der Waals surface area contributed by atoms with E-state index in [-0.39, 0.29) is 0 Å². The lowest BCUT2D eigenvalue weighted by Crippen LogP contribution is -2.17. The summed E-state index contributed by atoms with van der Waals surface area (Å²) in [7, 11) is 1.69. The summed E-state index contributed by atoms with van der Waals surface area (Å²) < 4.78 is 10.4. The first-order chi connectivity index (χ1) is 9.27. The molecule has 0 spiro atoms. The van der Waals surface area contributed by atoms with Crippen LogP contribution in [0.3, 0.4) is 0 Å². The third kappa shape index (κ3) is 6.97. The van der Waals surface area contributed by atoms with E-state index < -0.39 is 0 Å². The molecule has 1 aromatic rings. The molecule has 0 aliphatic rings. The van der Waals surface area contributed by atoms with Crippen molar-refractivity contribution in [2.45, 2.75) is 24.8 Å². The van der Waals surface area contributed by atoms with Gasteiger partial charge < -0.3 is 14.8 Å². The summed E-state index contributed by atoms with van der Waals surface area (Å²) in [4.78, 5) is 1.30. The van der Waals surface area contributed by atoms with Gasteiger partial charge in [-0.25, -0.2) is 0 Å². The molecule has 0 aromatic heterocycles. The molecule has 0 fully saturated rings. The summed E-state index contributed by atoms with van der Waals surface area (Å²) in [5.74, 6) is 0.975. The van der Waals surface area contributed by atoms with Gasteiger partial charge in [0.1, 0.15) is 0 Å². The average molecular weight is 283 g/mol. The molecule has 0 aliphatic heterocycles. The van der Waals surface area contributed by atoms with Gasteiger partial charge in [0.2, 0.25) is 0 Å². The Morgan fingerprint density at radius 1 is 1.26 bits per heavy atom. The van der Waals surface area contributed by atoms with E-state index in [1.165, 1.54) is 10.5 Å². The molecular formula is C15H25NO2S. The van der Waals surface area contributed by atoms with Crippen LogP contribution in [0.25, 0.3) is 0 Å². The van der Waals surface area contributed by atoms with E-state index in [4.69, 9.17) is 9.47 Å². The van der Waals surface area contributed by atoms with Gasteiger partial charge in [0.15, 0.2) is 0 Å². The Hall–Kier alpha value is -0.550. The average Bonchev–Trinajstić information content (AvgIpc) is 2.43. The molecule has 0 saturated carbocycles. The van der Waals surface area contributed by atoms with Gasteiger partial charge >= 0.3 is 0 Å². The number of hydrogen-bond donors (Lipinski definition) is 1. The summed E-state index contributed by atoms with van der Waals surface area (Å²) >= 11 is 1.83. The maximum absolute atomic E-state index is 5.45. The quantitative estimate of drug-likeness (QED) is 0.528. The first kappa shape index (κ1) is 16.5. The van der Waals surface area contributed by atoms with Crippen LogP contribution in [-0.2, 0) is 9.47 Å². The van der Waals surface area contributed by atoms with E-state index in [1.54, 1.807) is 7.11 Å². The summed E-state index contributed by atoms with van der Waals surface area (Å²) in [5, 5.41) is 3.43. The second-order valence-electron chi connectivity index (χ2n) is 4.31. The molecule has 3 nitrogen and oxygen atoms in total. The number of rotatable bonds is 10. The summed E-state index contributed by atoms with van der Waals surface area (Å²) in [6, 6.07) is 9.11. The Morgan fingerprint density at radius 3 is 2.84 bits per heavy atom. The normalized spacial score (nSPS) is 12.6. The lowest BCUT2D eigenvalue weighted by Gasteiger charge is -2.13. The standard InChI is InChI=1S/C15H25NO2S/c1-4-16-13(2)14-6-5-7-15(12-14)19-11-10-18-9-8-17-3/h5-7,12-13,16H,4,8-11H2,1-3H3. The van der Waals surface area contributed by atoms with E-state index >= 15 is 0 Å². The number of thioether (sulfide) groups is 1. The molecule has 1 N–H and O–H groups in total. The molecule has 0 amide bonds. The van der Waals surface area contributed by atoms with Gasteiger partial charge in [-0.1, -0.05) is 19.1 Å². The van der Waals surface area contributed by atoms with Gasteiger partial charge in [0.05, 0.1) is 19.8 Å². The zero-order valence-electron chi connectivity index (χ0n) is 12.1. The van der Waals surface area contributed by atoms with Crippen LogP contribution in [0.4, 0.5) is 0 Å². The smallest absolute Gasteiger partial charge is 0.0700 e. The minimum absolute atomic E-state index is 0.406. The molecule has 0 radical (unpaired) electrons. The number of benzene rings is 1. The van der Waals surface area contributed by atoms with Crippen LogP contribution in [0, 0.1) is 0 Å². The van der Waals surface area contributed by atoms with Gasteiger partial charge in [-0.2, -0.15) is 0 Å². The van der Waals surface area contributed by atoms with Crippen molar-refractivity contribution in [1.82, 2.24) is 5.32 Å². The highest BCUT2D eigenvalue weighted by atomic mass is 32.2. The van der Waals surface area contributed by atoms with Crippen molar-refractivity contribution in [1.29, 1.82) is 0 Å². The van der Waals surface area contributed by atoms with Gasteiger partial charge in [-0.3, -0.25) is 0 Å². The van der Waals surface area contributed by atoms with Crippen LogP contribution < -0.4 is 5.32 Å². The zero-order valence-corrected chi connectivity index (χ0v) is 13.0. The molecule has 1 unspecified atom stereocenters. The fourth-order valence-corrected chi connectivity index (χ4v) is 2.59. The lowest BCUT2D eigenvalue weighted by atomic mass is 10.1. The van der Waals surface area contributed by atoms with Crippen molar-refractivity contribution in [3.8, 4) is 0 Å². The number of ether oxygens (including phenoxy) is 2. The third-order valence-electron chi connectivity index (χ3n) is 2.80. The number of methoxy groups -OCH3 is 1. The van der Waals surface area contributed by atoms with E-state index in [2.05, 4.69) is 43.4 Å². The molecular weight excluding hydrogens is 258 g/mol. The minimum atomic E-state index is 0.406. The fraction of sp³-hybridized carbons (Fsp3) is 0.600. The van der Waals surface area contributed by atoms with Crippen molar-refractivity contribution < 1.29 is 9.47 Å². The van der Waals surface area contributed by atoms with Crippen molar-refractivity contribution >= 4 is 11.8 Å². The number of nitrogens with one attached hydrogen (secondary N) is 1. The highest BCUT2D eigenvalue weighted by molar-refractivity contribution is 7.99. The van der Waals surface area contributed by atoms with E-state index in [0.29, 0.717) is 19.3 Å². The third-order valence-corrected chi connectivity index (χ3v) is 3.75. The Morgan fingerprint density at radius 2 is 2.11 bits per heavy atom. The highest BCUT2D eigenvalue weighted by Gasteiger charge is 2.04. The molecule has 19 heavy (non-hydrogen) atoms. The van der Waals surface area contributed by atoms with Crippen molar-refractivity contribution in [2.75, 3.05) is 39.2 Å². The summed E-state index contributed by atoms with van der Waals surface area (Å²) in [6.45, 7) is 7.43. The molecule has 0 aliphatic carbocycles. The molecule has 1 rings (SSSR count). The van der Waals surface area contributed by atoms with Gasteiger partial charge in [-0.15, -0.1) is 11.8 Å². The fourth-order valence-electron chi connectivity index (χ4n) is 1.76. The Bertz CT molecular complexity index is 347. The second-order valence-corrected chi connectivity index (χ2v) is 5.47. The minimum Gasteiger partial charge on any atom is -0.382 e. The highest BCUT2D eigenvalue weighted by Crippen LogP contribution is 2.22. The predicted octanol–water partition coefficient (Wildman–Crippen LogP) is 3.11. The van der Waals surface area contributed by atoms with E-state index in [9.17, 15) is 0 Å². The molecule has 0 heterocycles. The Labute approximate surface area is 121 Å². The lowest BCUT2D eigenvalue weighted by molar-refractivity contribution is 0.0790. The summed E-state index contributed by atoms with van der Waals surface area (Å²) in [5.41, 5.74) is 1.34. The molecule has 0 saturated heterocycles. The van der Waals surface area contributed by atoms with Crippen LogP contribution in [0.5, 0.6) is 0 Å². The van der Waals surface area contributed by atoms with Gasteiger partial charge in [-0.05, 0) is 31.2 Å². The maximum Gasteiger partial charge on any atom is 0.0700 e. The maximum atomic E-state index is 5.45. The van der Waals surface area contributed by atoms with Crippen LogP contribution in [-0.4, -0.2) is 39.2 Å². The van der Waals surface area contributed by atoms with E-state index in [1.807, 2.05) is 11.8 Å². The second kappa shape index (κ2) is 10.3. The number of hydrogen-bond acceptors (Lipinski definition) is 4. The Balaban J connectivity index is 2.31. The predicted molar refractivity (Wildman–Crippen MR) is 82.0 cm³/mol. The first-order valence-electron chi connectivity index (χ1n) is 6.80. The van der Waals surface area contributed by atoms with E-state index in [0.717, 1.165) is 18.9 Å². The molecule has 1 atom stereocenters. The first-order valence-corrected chi connectivity index (χ1v) is 7.79. The van der Waals surface area contributed by atoms with Crippen molar-refractivity contribution in [2.24, 2.45) is 0 Å². The molecule has 1 aromatic carbocycles. The topological polar surface area (TPSA) is 30.5 Å². The van der Waals surface area contributed by atoms with Crippen molar-refractivity contribution in [3.05, 3.63) is 29.8 Å². The zero-order chi connectivity index (χ0) is 13.9. The SMILES string of the molecule is CCNC(C)c1cccc(SCCOCCOC)c1. The molecule has 108 valence electrons. The summed E-state index contributed by atoms with van der Waals surface area (Å²) in [6.07, 6.45) is 0. The van der Waals surface area contributed by atoms with Gasteiger partial charge in [0, 0.05) is 23.8 Å². The monoisotopic (exact) mass is 283 g/mol. The van der Waals surface area contributed by atoms with Crippen LogP contribution >= 0.6 is 11.8 Å². The largest absolute Gasteiger partial charge is 0.382 e. The molecule has 4 heteroatoms. The van der Waals surface area contributed by atoms with Crippen LogP contribution in [0.1, 0.15) is 25.5 Å². The van der Waals surface area contributed by atoms with Gasteiger partial charge in [0.25, 0.3) is 0 Å². The van der Waals surface area contributed by atoms with Crippen LogP contribution in [0.2, 0.25) is 0 Å².